The fraction of sp³-hybridized carbons (Fsp3) is 0.154. The second-order valence-electron chi connectivity index (χ2n) is 7.15. The van der Waals surface area contributed by atoms with E-state index in [1.807, 2.05) is 50.3 Å². The van der Waals surface area contributed by atoms with Crippen LogP contribution in [0.1, 0.15) is 26.6 Å². The van der Waals surface area contributed by atoms with E-state index in [-0.39, 0.29) is 5.75 Å². The first-order chi connectivity index (χ1) is 14.5. The van der Waals surface area contributed by atoms with Gasteiger partial charge in [0.05, 0.1) is 4.88 Å². The lowest BCUT2D eigenvalue weighted by molar-refractivity contribution is 0.362. The van der Waals surface area contributed by atoms with Crippen LogP contribution in [0.15, 0.2) is 65.1 Å². The number of hydrogen-bond donors (Lipinski definition) is 1. The van der Waals surface area contributed by atoms with E-state index < -0.39 is 0 Å². The molecular formula is C26H22O3S. The van der Waals surface area contributed by atoms with Gasteiger partial charge in [0.1, 0.15) is 29.4 Å². The van der Waals surface area contributed by atoms with Crippen LogP contribution in [0.3, 0.4) is 0 Å². The molecule has 0 fully saturated rings. The summed E-state index contributed by atoms with van der Waals surface area (Å²) in [6, 6.07) is 17.5. The zero-order chi connectivity index (χ0) is 21.1. The van der Waals surface area contributed by atoms with Gasteiger partial charge in [0, 0.05) is 15.8 Å². The van der Waals surface area contributed by atoms with Gasteiger partial charge in [-0.3, -0.25) is 0 Å². The number of rotatable bonds is 4. The van der Waals surface area contributed by atoms with Crippen LogP contribution >= 0.6 is 11.3 Å². The minimum Gasteiger partial charge on any atom is -0.508 e. The molecule has 2 aromatic heterocycles. The molecule has 3 nitrogen and oxygen atoms in total. The maximum atomic E-state index is 9.68. The Hall–Kier alpha value is -3.42. The minimum atomic E-state index is 0.263. The van der Waals surface area contributed by atoms with E-state index in [9.17, 15) is 5.11 Å². The molecule has 0 amide bonds. The van der Waals surface area contributed by atoms with Crippen LogP contribution in [-0.4, -0.2) is 11.7 Å². The quantitative estimate of drug-likeness (QED) is 0.381. The SMILES string of the molecule is Cc1cc2cc(C(C#Cc3ccc(C)s3)=CCOc3ccc(O)c(C)c3)ccc2o1. The number of fused-ring (bicyclic) bond motifs is 1. The van der Waals surface area contributed by atoms with Gasteiger partial charge >= 0.3 is 0 Å². The molecule has 0 atom stereocenters. The van der Waals surface area contributed by atoms with Crippen molar-refractivity contribution < 1.29 is 14.3 Å². The van der Waals surface area contributed by atoms with Gasteiger partial charge in [-0.1, -0.05) is 11.8 Å². The molecule has 1 N–H and O–H groups in total. The average Bonchev–Trinajstić information content (AvgIpc) is 3.30. The normalized spacial score (nSPS) is 11.4. The smallest absolute Gasteiger partial charge is 0.134 e. The number of ether oxygens (including phenoxy) is 1. The highest BCUT2D eigenvalue weighted by molar-refractivity contribution is 7.12. The third-order valence-electron chi connectivity index (χ3n) is 4.72. The summed E-state index contributed by atoms with van der Waals surface area (Å²) in [7, 11) is 0. The summed E-state index contributed by atoms with van der Waals surface area (Å²) < 4.78 is 11.6. The standard InChI is InChI=1S/C26H22O3S/c1-17-14-23(7-10-25(17)27)28-13-12-20(5-9-24-8-4-19(3)30-24)21-6-11-26-22(16-21)15-18(2)29-26/h4,6-8,10-12,14-16,27H,13H2,1-3H3. The molecule has 2 heterocycles. The summed E-state index contributed by atoms with van der Waals surface area (Å²) in [6.07, 6.45) is 1.99. The molecule has 150 valence electrons. The van der Waals surface area contributed by atoms with Crippen molar-refractivity contribution in [3.63, 3.8) is 0 Å². The lowest BCUT2D eigenvalue weighted by atomic mass is 10.0. The molecule has 0 unspecified atom stereocenters. The highest BCUT2D eigenvalue weighted by Crippen LogP contribution is 2.25. The monoisotopic (exact) mass is 414 g/mol. The summed E-state index contributed by atoms with van der Waals surface area (Å²) in [5.41, 5.74) is 3.57. The van der Waals surface area contributed by atoms with Gasteiger partial charge in [0.25, 0.3) is 0 Å². The van der Waals surface area contributed by atoms with Gasteiger partial charge in [0.2, 0.25) is 0 Å². The van der Waals surface area contributed by atoms with Crippen molar-refractivity contribution >= 4 is 27.9 Å². The topological polar surface area (TPSA) is 42.6 Å². The summed E-state index contributed by atoms with van der Waals surface area (Å²) in [6.45, 7) is 6.25. The Kier molecular flexibility index (Phi) is 5.65. The molecule has 0 aliphatic rings. The Morgan fingerprint density at radius 2 is 1.93 bits per heavy atom. The number of furan rings is 1. The number of phenols is 1. The summed E-state index contributed by atoms with van der Waals surface area (Å²) >= 11 is 1.68. The minimum absolute atomic E-state index is 0.263. The Labute approximate surface area is 180 Å². The molecule has 0 saturated heterocycles. The van der Waals surface area contributed by atoms with Crippen LogP contribution in [0.25, 0.3) is 16.5 Å². The molecule has 0 spiro atoms. The first-order valence-electron chi connectivity index (χ1n) is 9.69. The van der Waals surface area contributed by atoms with Crippen LogP contribution in [0.2, 0.25) is 0 Å². The number of aryl methyl sites for hydroxylation is 3. The highest BCUT2D eigenvalue weighted by Gasteiger charge is 2.05. The molecule has 0 bridgehead atoms. The Balaban J connectivity index is 1.63. The van der Waals surface area contributed by atoms with Gasteiger partial charge in [-0.25, -0.2) is 0 Å². The van der Waals surface area contributed by atoms with Crippen molar-refractivity contribution in [3.8, 4) is 23.3 Å². The molecular weight excluding hydrogens is 392 g/mol. The van der Waals surface area contributed by atoms with Gasteiger partial charge in [-0.05, 0) is 92.6 Å². The van der Waals surface area contributed by atoms with Crippen molar-refractivity contribution in [2.75, 3.05) is 6.61 Å². The first-order valence-corrected chi connectivity index (χ1v) is 10.5. The molecule has 30 heavy (non-hydrogen) atoms. The lowest BCUT2D eigenvalue weighted by Gasteiger charge is -2.07. The van der Waals surface area contributed by atoms with Crippen LogP contribution in [0, 0.1) is 32.6 Å². The maximum Gasteiger partial charge on any atom is 0.134 e. The largest absolute Gasteiger partial charge is 0.508 e. The highest BCUT2D eigenvalue weighted by atomic mass is 32.1. The van der Waals surface area contributed by atoms with Gasteiger partial charge < -0.3 is 14.3 Å². The van der Waals surface area contributed by atoms with E-state index in [0.29, 0.717) is 12.4 Å². The van der Waals surface area contributed by atoms with E-state index in [2.05, 4.69) is 30.9 Å². The molecule has 2 aromatic carbocycles. The number of phenolic OH excluding ortho intramolecular Hbond substituents is 1. The number of aromatic hydroxyl groups is 1. The molecule has 4 heteroatoms. The number of benzene rings is 2. The molecule has 0 saturated carbocycles. The van der Waals surface area contributed by atoms with Gasteiger partial charge in [-0.2, -0.15) is 0 Å². The van der Waals surface area contributed by atoms with Crippen molar-refractivity contribution in [3.05, 3.63) is 87.3 Å². The van der Waals surface area contributed by atoms with E-state index >= 15 is 0 Å². The van der Waals surface area contributed by atoms with E-state index in [1.165, 1.54) is 4.88 Å². The maximum absolute atomic E-state index is 9.68. The fourth-order valence-corrected chi connectivity index (χ4v) is 3.88. The molecule has 0 radical (unpaired) electrons. The Morgan fingerprint density at radius 1 is 1.07 bits per heavy atom. The number of allylic oxidation sites excluding steroid dienone is 1. The third kappa shape index (κ3) is 4.59. The number of thiophene rings is 1. The van der Waals surface area contributed by atoms with Crippen LogP contribution in [0.4, 0.5) is 0 Å². The first kappa shape index (κ1) is 19.9. The number of hydrogen-bond acceptors (Lipinski definition) is 4. The van der Waals surface area contributed by atoms with E-state index in [0.717, 1.165) is 38.3 Å². The van der Waals surface area contributed by atoms with Crippen molar-refractivity contribution in [2.45, 2.75) is 20.8 Å². The Morgan fingerprint density at radius 3 is 2.70 bits per heavy atom. The van der Waals surface area contributed by atoms with Crippen LogP contribution < -0.4 is 4.74 Å². The van der Waals surface area contributed by atoms with Crippen LogP contribution in [-0.2, 0) is 0 Å². The predicted octanol–water partition coefficient (Wildman–Crippen LogP) is 6.64. The molecule has 4 aromatic rings. The van der Waals surface area contributed by atoms with E-state index in [1.54, 1.807) is 23.5 Å². The van der Waals surface area contributed by atoms with Crippen molar-refractivity contribution in [2.24, 2.45) is 0 Å². The second-order valence-corrected chi connectivity index (χ2v) is 8.43. The zero-order valence-corrected chi connectivity index (χ0v) is 18.0. The van der Waals surface area contributed by atoms with Crippen molar-refractivity contribution in [1.82, 2.24) is 0 Å². The third-order valence-corrected chi connectivity index (χ3v) is 5.63. The average molecular weight is 415 g/mol. The predicted molar refractivity (Wildman–Crippen MR) is 123 cm³/mol. The summed E-state index contributed by atoms with van der Waals surface area (Å²) in [5, 5.41) is 10.7. The van der Waals surface area contributed by atoms with Crippen LogP contribution in [0.5, 0.6) is 11.5 Å². The second kappa shape index (κ2) is 8.52. The fourth-order valence-electron chi connectivity index (χ4n) is 3.15. The molecule has 0 aliphatic heterocycles. The molecule has 4 rings (SSSR count). The summed E-state index contributed by atoms with van der Waals surface area (Å²) in [4.78, 5) is 2.28. The Bertz CT molecular complexity index is 1290. The lowest BCUT2D eigenvalue weighted by Crippen LogP contribution is -1.95. The van der Waals surface area contributed by atoms with Gasteiger partial charge in [-0.15, -0.1) is 11.3 Å². The van der Waals surface area contributed by atoms with Gasteiger partial charge in [0.15, 0.2) is 0 Å². The summed E-state index contributed by atoms with van der Waals surface area (Å²) in [5.74, 6) is 8.45. The molecule has 0 aliphatic carbocycles. The van der Waals surface area contributed by atoms with E-state index in [4.69, 9.17) is 9.15 Å². The zero-order valence-electron chi connectivity index (χ0n) is 17.2. The van der Waals surface area contributed by atoms with Crippen molar-refractivity contribution in [1.29, 1.82) is 0 Å².